The van der Waals surface area contributed by atoms with Gasteiger partial charge in [0.2, 0.25) is 11.8 Å². The van der Waals surface area contributed by atoms with Gasteiger partial charge in [0.25, 0.3) is 0 Å². The lowest BCUT2D eigenvalue weighted by atomic mass is 10.1. The minimum absolute atomic E-state index is 0.0431. The third-order valence-corrected chi connectivity index (χ3v) is 5.15. The van der Waals surface area contributed by atoms with E-state index >= 15 is 0 Å². The molecule has 1 aromatic carbocycles. The van der Waals surface area contributed by atoms with E-state index in [1.54, 1.807) is 38.1 Å². The predicted octanol–water partition coefficient (Wildman–Crippen LogP) is 1.80. The lowest BCUT2D eigenvalue weighted by molar-refractivity contribution is -0.114. The highest BCUT2D eigenvalue weighted by Crippen LogP contribution is 2.18. The number of anilines is 1. The van der Waals surface area contributed by atoms with Gasteiger partial charge in [0.15, 0.2) is 9.84 Å². The van der Waals surface area contributed by atoms with Crippen LogP contribution in [0.4, 0.5) is 6.01 Å². The van der Waals surface area contributed by atoms with Crippen LogP contribution in [0, 0.1) is 0 Å². The van der Waals surface area contributed by atoms with Gasteiger partial charge in [-0.25, -0.2) is 8.42 Å². The summed E-state index contributed by atoms with van der Waals surface area (Å²) in [6.07, 6.45) is 0.356. The summed E-state index contributed by atoms with van der Waals surface area (Å²) in [5.74, 6) is 0.0432. The summed E-state index contributed by atoms with van der Waals surface area (Å²) < 4.78 is 29.3. The fourth-order valence-corrected chi connectivity index (χ4v) is 2.83. The number of rotatable bonds is 5. The smallest absolute Gasteiger partial charge is 0.322 e. The van der Waals surface area contributed by atoms with Gasteiger partial charge in [0.1, 0.15) is 0 Å². The molecule has 2 aromatic rings. The average molecular weight is 323 g/mol. The van der Waals surface area contributed by atoms with E-state index in [0.29, 0.717) is 12.3 Å². The molecule has 0 radical (unpaired) electrons. The van der Waals surface area contributed by atoms with Crippen molar-refractivity contribution >= 4 is 21.8 Å². The van der Waals surface area contributed by atoms with Crippen LogP contribution >= 0.6 is 0 Å². The summed E-state index contributed by atoms with van der Waals surface area (Å²) >= 11 is 0. The SMILES string of the molecule is CC(=O)Nc1nnc(Cc2ccc(S(=O)(=O)C(C)C)cc2)o1. The Labute approximate surface area is 128 Å². The highest BCUT2D eigenvalue weighted by molar-refractivity contribution is 7.92. The van der Waals surface area contributed by atoms with Gasteiger partial charge in [0, 0.05) is 6.92 Å². The summed E-state index contributed by atoms with van der Waals surface area (Å²) in [6, 6.07) is 6.59. The van der Waals surface area contributed by atoms with Gasteiger partial charge < -0.3 is 4.42 Å². The molecule has 0 aliphatic rings. The molecule has 118 valence electrons. The van der Waals surface area contributed by atoms with Crippen LogP contribution in [0.25, 0.3) is 0 Å². The molecule has 0 fully saturated rings. The average Bonchev–Trinajstić information content (AvgIpc) is 2.85. The first-order valence-corrected chi connectivity index (χ1v) is 8.26. The first-order valence-electron chi connectivity index (χ1n) is 6.72. The Kier molecular flexibility index (Phi) is 4.60. The topological polar surface area (TPSA) is 102 Å². The molecule has 1 aromatic heterocycles. The predicted molar refractivity (Wildman–Crippen MR) is 80.2 cm³/mol. The van der Waals surface area contributed by atoms with Crippen LogP contribution in [0.5, 0.6) is 0 Å². The maximum absolute atomic E-state index is 12.0. The normalized spacial score (nSPS) is 11.6. The second-order valence-corrected chi connectivity index (χ2v) is 7.60. The molecule has 0 unspecified atom stereocenters. The van der Waals surface area contributed by atoms with Crippen LogP contribution in [0.15, 0.2) is 33.6 Å². The van der Waals surface area contributed by atoms with Crippen molar-refractivity contribution in [1.82, 2.24) is 10.2 Å². The molecule has 22 heavy (non-hydrogen) atoms. The van der Waals surface area contributed by atoms with Gasteiger partial charge in [-0.05, 0) is 31.5 Å². The number of nitrogens with zero attached hydrogens (tertiary/aromatic N) is 2. The zero-order valence-corrected chi connectivity index (χ0v) is 13.3. The first kappa shape index (κ1) is 16.2. The molecule has 0 spiro atoms. The fourth-order valence-electron chi connectivity index (χ4n) is 1.77. The Morgan fingerprint density at radius 1 is 1.23 bits per heavy atom. The van der Waals surface area contributed by atoms with Gasteiger partial charge >= 0.3 is 6.01 Å². The number of benzene rings is 1. The number of amides is 1. The van der Waals surface area contributed by atoms with Crippen molar-refractivity contribution in [3.8, 4) is 0 Å². The molecule has 7 nitrogen and oxygen atoms in total. The highest BCUT2D eigenvalue weighted by atomic mass is 32.2. The molecule has 2 rings (SSSR count). The van der Waals surface area contributed by atoms with Crippen LogP contribution in [-0.2, 0) is 21.1 Å². The van der Waals surface area contributed by atoms with Crippen molar-refractivity contribution in [3.63, 3.8) is 0 Å². The van der Waals surface area contributed by atoms with E-state index in [2.05, 4.69) is 15.5 Å². The number of aromatic nitrogens is 2. The third-order valence-electron chi connectivity index (χ3n) is 2.98. The molecule has 0 saturated carbocycles. The van der Waals surface area contributed by atoms with E-state index in [0.717, 1.165) is 5.56 Å². The highest BCUT2D eigenvalue weighted by Gasteiger charge is 2.18. The van der Waals surface area contributed by atoms with Crippen molar-refractivity contribution in [3.05, 3.63) is 35.7 Å². The zero-order valence-electron chi connectivity index (χ0n) is 12.5. The molecular weight excluding hydrogens is 306 g/mol. The molecule has 0 atom stereocenters. The number of hydrogen-bond donors (Lipinski definition) is 1. The quantitative estimate of drug-likeness (QED) is 0.900. The summed E-state index contributed by atoms with van der Waals surface area (Å²) in [5, 5.41) is 9.43. The number of carbonyl (C=O) groups is 1. The van der Waals surface area contributed by atoms with Crippen molar-refractivity contribution in [2.45, 2.75) is 37.3 Å². The van der Waals surface area contributed by atoms with Crippen molar-refractivity contribution in [2.24, 2.45) is 0 Å². The Morgan fingerprint density at radius 3 is 2.41 bits per heavy atom. The minimum atomic E-state index is -3.27. The molecule has 0 aliphatic carbocycles. The van der Waals surface area contributed by atoms with Crippen LogP contribution in [0.2, 0.25) is 0 Å². The Balaban J connectivity index is 2.12. The lowest BCUT2D eigenvalue weighted by Crippen LogP contribution is -2.13. The number of nitrogens with one attached hydrogen (secondary N) is 1. The summed E-state index contributed by atoms with van der Waals surface area (Å²) in [6.45, 7) is 4.63. The molecule has 1 heterocycles. The van der Waals surface area contributed by atoms with E-state index in [1.165, 1.54) is 6.92 Å². The molecule has 8 heteroatoms. The monoisotopic (exact) mass is 323 g/mol. The first-order chi connectivity index (χ1) is 10.3. The molecular formula is C14H17N3O4S. The van der Waals surface area contributed by atoms with Crippen LogP contribution in [0.1, 0.15) is 32.2 Å². The van der Waals surface area contributed by atoms with Crippen molar-refractivity contribution < 1.29 is 17.6 Å². The number of sulfone groups is 1. The third kappa shape index (κ3) is 3.70. The van der Waals surface area contributed by atoms with E-state index < -0.39 is 15.1 Å². The molecule has 0 saturated heterocycles. The van der Waals surface area contributed by atoms with Gasteiger partial charge in [-0.1, -0.05) is 17.2 Å². The number of hydrogen-bond acceptors (Lipinski definition) is 6. The number of carbonyl (C=O) groups excluding carboxylic acids is 1. The lowest BCUT2D eigenvalue weighted by Gasteiger charge is -2.08. The minimum Gasteiger partial charge on any atom is -0.407 e. The van der Waals surface area contributed by atoms with Gasteiger partial charge in [0.05, 0.1) is 16.6 Å². The Bertz CT molecular complexity index is 764. The largest absolute Gasteiger partial charge is 0.407 e. The molecule has 0 aliphatic heterocycles. The summed E-state index contributed by atoms with van der Waals surface area (Å²) in [4.78, 5) is 11.2. The van der Waals surface area contributed by atoms with E-state index in [1.807, 2.05) is 0 Å². The second-order valence-electron chi connectivity index (χ2n) is 5.10. The second kappa shape index (κ2) is 6.27. The van der Waals surface area contributed by atoms with E-state index in [-0.39, 0.29) is 16.8 Å². The molecule has 1 amide bonds. The standard InChI is InChI=1S/C14H17N3O4S/c1-9(2)22(19,20)12-6-4-11(5-7-12)8-13-16-17-14(21-13)15-10(3)18/h4-7,9H,8H2,1-3H3,(H,15,17,18). The van der Waals surface area contributed by atoms with Gasteiger partial charge in [-0.2, -0.15) is 0 Å². The van der Waals surface area contributed by atoms with Gasteiger partial charge in [-0.3, -0.25) is 10.1 Å². The molecule has 1 N–H and O–H groups in total. The maximum atomic E-state index is 12.0. The van der Waals surface area contributed by atoms with Gasteiger partial charge in [-0.15, -0.1) is 5.10 Å². The van der Waals surface area contributed by atoms with Crippen molar-refractivity contribution in [1.29, 1.82) is 0 Å². The van der Waals surface area contributed by atoms with Crippen LogP contribution < -0.4 is 5.32 Å². The fraction of sp³-hybridized carbons (Fsp3) is 0.357. The Hall–Kier alpha value is -2.22. The zero-order chi connectivity index (χ0) is 16.3. The van der Waals surface area contributed by atoms with E-state index in [9.17, 15) is 13.2 Å². The van der Waals surface area contributed by atoms with Crippen molar-refractivity contribution in [2.75, 3.05) is 5.32 Å². The van der Waals surface area contributed by atoms with Crippen LogP contribution in [-0.4, -0.2) is 29.8 Å². The van der Waals surface area contributed by atoms with E-state index in [4.69, 9.17) is 4.42 Å². The molecule has 0 bridgehead atoms. The van der Waals surface area contributed by atoms with Crippen LogP contribution in [0.3, 0.4) is 0 Å². The summed E-state index contributed by atoms with van der Waals surface area (Å²) in [5.41, 5.74) is 0.834. The summed E-state index contributed by atoms with van der Waals surface area (Å²) in [7, 11) is -3.27. The Morgan fingerprint density at radius 2 is 1.86 bits per heavy atom. The maximum Gasteiger partial charge on any atom is 0.322 e.